The number of hydrogen-bond donors (Lipinski definition) is 2. The average molecular weight is 342 g/mol. The minimum Gasteiger partial charge on any atom is -0.350 e. The van der Waals surface area contributed by atoms with E-state index in [-0.39, 0.29) is 5.91 Å². The van der Waals surface area contributed by atoms with E-state index in [1.807, 2.05) is 19.1 Å². The highest BCUT2D eigenvalue weighted by Crippen LogP contribution is 2.34. The molecule has 3 heterocycles. The second-order valence-corrected chi connectivity index (χ2v) is 7.75. The molecule has 1 saturated heterocycles. The first kappa shape index (κ1) is 15.0. The predicted molar refractivity (Wildman–Crippen MR) is 88.5 cm³/mol. The zero-order chi connectivity index (χ0) is 14.8. The van der Waals surface area contributed by atoms with Crippen molar-refractivity contribution in [3.63, 3.8) is 0 Å². The van der Waals surface area contributed by atoms with Crippen LogP contribution in [0.2, 0.25) is 4.34 Å². The van der Waals surface area contributed by atoms with Gasteiger partial charge in [-0.05, 0) is 38.4 Å². The summed E-state index contributed by atoms with van der Waals surface area (Å²) in [5, 5.41) is 7.23. The number of thiophene rings is 1. The van der Waals surface area contributed by atoms with Crippen LogP contribution in [-0.4, -0.2) is 30.0 Å². The van der Waals surface area contributed by atoms with E-state index >= 15 is 0 Å². The normalized spacial score (nSPS) is 18.1. The van der Waals surface area contributed by atoms with Crippen LogP contribution in [0.4, 0.5) is 0 Å². The Balaban J connectivity index is 1.69. The van der Waals surface area contributed by atoms with Crippen LogP contribution in [0.25, 0.3) is 9.88 Å². The van der Waals surface area contributed by atoms with Crippen molar-refractivity contribution in [2.24, 2.45) is 0 Å². The molecule has 1 unspecified atom stereocenters. The quantitative estimate of drug-likeness (QED) is 0.897. The molecule has 4 nitrogen and oxygen atoms in total. The summed E-state index contributed by atoms with van der Waals surface area (Å²) >= 11 is 8.86. The molecule has 0 spiro atoms. The number of nitrogens with zero attached hydrogens (tertiary/aromatic N) is 1. The summed E-state index contributed by atoms with van der Waals surface area (Å²) in [6.07, 6.45) is 2.31. The molecule has 2 aromatic heterocycles. The van der Waals surface area contributed by atoms with E-state index < -0.39 is 0 Å². The topological polar surface area (TPSA) is 54.0 Å². The molecule has 0 radical (unpaired) electrons. The molecule has 1 aliphatic heterocycles. The summed E-state index contributed by atoms with van der Waals surface area (Å²) < 4.78 is 0.733. The lowest BCUT2D eigenvalue weighted by atomic mass is 10.2. The predicted octanol–water partition coefficient (Wildman–Crippen LogP) is 3.32. The van der Waals surface area contributed by atoms with Crippen molar-refractivity contribution in [2.45, 2.75) is 25.8 Å². The first-order valence-corrected chi connectivity index (χ1v) is 8.89. The third-order valence-corrected chi connectivity index (χ3v) is 6.01. The first-order chi connectivity index (χ1) is 10.1. The molecule has 0 aliphatic carbocycles. The van der Waals surface area contributed by atoms with Crippen LogP contribution < -0.4 is 10.6 Å². The molecule has 2 N–H and O–H groups in total. The molecule has 0 saturated carbocycles. The monoisotopic (exact) mass is 341 g/mol. The largest absolute Gasteiger partial charge is 0.350 e. The van der Waals surface area contributed by atoms with Crippen molar-refractivity contribution in [3.05, 3.63) is 27.0 Å². The van der Waals surface area contributed by atoms with Crippen molar-refractivity contribution in [2.75, 3.05) is 13.1 Å². The van der Waals surface area contributed by atoms with Gasteiger partial charge in [0, 0.05) is 12.6 Å². The summed E-state index contributed by atoms with van der Waals surface area (Å²) in [5.41, 5.74) is 0.774. The summed E-state index contributed by atoms with van der Waals surface area (Å²) in [4.78, 5) is 18.5. The van der Waals surface area contributed by atoms with Gasteiger partial charge in [-0.25, -0.2) is 4.98 Å². The number of aromatic nitrogens is 1. The smallest absolute Gasteiger partial charge is 0.263 e. The number of amides is 1. The summed E-state index contributed by atoms with van der Waals surface area (Å²) in [5.74, 6) is -0.0346. The van der Waals surface area contributed by atoms with Crippen molar-refractivity contribution >= 4 is 40.2 Å². The van der Waals surface area contributed by atoms with E-state index in [0.717, 1.165) is 32.9 Å². The molecular formula is C14H16ClN3OS2. The lowest BCUT2D eigenvalue weighted by Gasteiger charge is -2.10. The maximum Gasteiger partial charge on any atom is 0.263 e. The number of rotatable bonds is 4. The number of hydrogen-bond acceptors (Lipinski definition) is 5. The van der Waals surface area contributed by atoms with Gasteiger partial charge in [-0.15, -0.1) is 22.7 Å². The molecule has 7 heteroatoms. The average Bonchev–Trinajstić information content (AvgIpc) is 3.16. The van der Waals surface area contributed by atoms with Crippen LogP contribution in [0.1, 0.15) is 28.2 Å². The van der Waals surface area contributed by atoms with E-state index in [4.69, 9.17) is 11.6 Å². The highest BCUT2D eigenvalue weighted by atomic mass is 35.5. The Hall–Kier alpha value is -0.950. The van der Waals surface area contributed by atoms with Gasteiger partial charge in [0.2, 0.25) is 0 Å². The molecule has 3 rings (SSSR count). The molecule has 112 valence electrons. The minimum atomic E-state index is -0.0346. The van der Waals surface area contributed by atoms with Gasteiger partial charge in [-0.3, -0.25) is 4.79 Å². The van der Waals surface area contributed by atoms with Crippen LogP contribution in [0.5, 0.6) is 0 Å². The maximum atomic E-state index is 12.3. The zero-order valence-electron chi connectivity index (χ0n) is 11.6. The van der Waals surface area contributed by atoms with Gasteiger partial charge >= 0.3 is 0 Å². The van der Waals surface area contributed by atoms with E-state index in [2.05, 4.69) is 15.6 Å². The Morgan fingerprint density at radius 1 is 1.52 bits per heavy atom. The fourth-order valence-corrected chi connectivity index (χ4v) is 4.45. The second-order valence-electron chi connectivity index (χ2n) is 5.04. The fraction of sp³-hybridized carbons (Fsp3) is 0.429. The summed E-state index contributed by atoms with van der Waals surface area (Å²) in [6, 6.07) is 4.19. The minimum absolute atomic E-state index is 0.0346. The Labute approximate surface area is 136 Å². The van der Waals surface area contributed by atoms with Gasteiger partial charge in [-0.2, -0.15) is 0 Å². The van der Waals surface area contributed by atoms with Crippen LogP contribution in [0.3, 0.4) is 0 Å². The number of thiazole rings is 1. The highest BCUT2D eigenvalue weighted by molar-refractivity contribution is 7.24. The van der Waals surface area contributed by atoms with Gasteiger partial charge in [0.15, 0.2) is 0 Å². The van der Waals surface area contributed by atoms with Gasteiger partial charge < -0.3 is 10.6 Å². The molecule has 1 fully saturated rings. The molecular weight excluding hydrogens is 326 g/mol. The van der Waals surface area contributed by atoms with E-state index in [9.17, 15) is 4.79 Å². The van der Waals surface area contributed by atoms with Crippen LogP contribution in [-0.2, 0) is 0 Å². The maximum absolute atomic E-state index is 12.3. The highest BCUT2D eigenvalue weighted by Gasteiger charge is 2.19. The number of nitrogens with one attached hydrogen (secondary N) is 2. The van der Waals surface area contributed by atoms with E-state index in [0.29, 0.717) is 17.5 Å². The molecule has 0 aromatic carbocycles. The van der Waals surface area contributed by atoms with Crippen molar-refractivity contribution < 1.29 is 4.79 Å². The summed E-state index contributed by atoms with van der Waals surface area (Å²) in [6.45, 7) is 3.59. The summed E-state index contributed by atoms with van der Waals surface area (Å²) in [7, 11) is 0. The Bertz CT molecular complexity index is 646. The van der Waals surface area contributed by atoms with E-state index in [1.165, 1.54) is 29.1 Å². The van der Waals surface area contributed by atoms with Gasteiger partial charge in [-0.1, -0.05) is 11.6 Å². The second kappa shape index (κ2) is 6.44. The third-order valence-electron chi connectivity index (χ3n) is 3.46. The lowest BCUT2D eigenvalue weighted by molar-refractivity contribution is 0.0953. The van der Waals surface area contributed by atoms with Crippen molar-refractivity contribution in [1.82, 2.24) is 15.6 Å². The number of carbonyl (C=O) groups is 1. The zero-order valence-corrected chi connectivity index (χ0v) is 14.0. The Kier molecular flexibility index (Phi) is 4.59. The standard InChI is InChI=1S/C14H16ClN3OS2/c1-8-12(13(19)17-7-9-3-2-6-16-9)21-14(18-8)10-4-5-11(15)20-10/h4-5,9,16H,2-3,6-7H2,1H3,(H,17,19). The Morgan fingerprint density at radius 2 is 2.38 bits per heavy atom. The van der Waals surface area contributed by atoms with Crippen LogP contribution in [0, 0.1) is 6.92 Å². The van der Waals surface area contributed by atoms with Gasteiger partial charge in [0.05, 0.1) is 14.9 Å². The lowest BCUT2D eigenvalue weighted by Crippen LogP contribution is -2.37. The van der Waals surface area contributed by atoms with Crippen LogP contribution >= 0.6 is 34.3 Å². The molecule has 1 amide bonds. The molecule has 0 bridgehead atoms. The van der Waals surface area contributed by atoms with E-state index in [1.54, 1.807) is 0 Å². The molecule has 1 aliphatic rings. The third kappa shape index (κ3) is 3.45. The SMILES string of the molecule is Cc1nc(-c2ccc(Cl)s2)sc1C(=O)NCC1CCCN1. The van der Waals surface area contributed by atoms with Crippen LogP contribution in [0.15, 0.2) is 12.1 Å². The molecule has 1 atom stereocenters. The molecule has 21 heavy (non-hydrogen) atoms. The van der Waals surface area contributed by atoms with Gasteiger partial charge in [0.25, 0.3) is 5.91 Å². The fourth-order valence-electron chi connectivity index (χ4n) is 2.37. The number of carbonyl (C=O) groups excluding carboxylic acids is 1. The van der Waals surface area contributed by atoms with Crippen molar-refractivity contribution in [3.8, 4) is 9.88 Å². The number of aryl methyl sites for hydroxylation is 1. The van der Waals surface area contributed by atoms with Crippen molar-refractivity contribution in [1.29, 1.82) is 0 Å². The number of halogens is 1. The molecule has 2 aromatic rings. The first-order valence-electron chi connectivity index (χ1n) is 6.88. The van der Waals surface area contributed by atoms with Gasteiger partial charge in [0.1, 0.15) is 9.88 Å². The Morgan fingerprint density at radius 3 is 3.05 bits per heavy atom.